The molecule has 3 saturated carbocycles. The zero-order valence-corrected chi connectivity index (χ0v) is 19.0. The largest absolute Gasteiger partial charge is 0.465 e. The van der Waals surface area contributed by atoms with Crippen molar-refractivity contribution in [3.63, 3.8) is 0 Å². The second-order valence-corrected chi connectivity index (χ2v) is 11.8. The molecule has 0 aromatic heterocycles. The lowest BCUT2D eigenvalue weighted by molar-refractivity contribution is -0.219. The Kier molecular flexibility index (Phi) is 5.14. The average molecular weight is 429 g/mol. The predicted octanol–water partition coefficient (Wildman–Crippen LogP) is 5.33. The minimum absolute atomic E-state index is 0.0141. The second kappa shape index (κ2) is 6.47. The number of ether oxygens (including phenoxy) is 1. The van der Waals surface area contributed by atoms with Crippen molar-refractivity contribution in [2.24, 2.45) is 34.0 Å². The van der Waals surface area contributed by atoms with Crippen LogP contribution in [-0.2, 0) is 9.53 Å². The Bertz CT molecular complexity index is 572. The number of halogens is 1. The van der Waals surface area contributed by atoms with Gasteiger partial charge >= 0.3 is 5.97 Å². The van der Waals surface area contributed by atoms with Crippen LogP contribution in [0.1, 0.15) is 80.1 Å². The van der Waals surface area contributed by atoms with Crippen LogP contribution < -0.4 is 0 Å². The van der Waals surface area contributed by atoms with Gasteiger partial charge in [0.2, 0.25) is 0 Å². The van der Waals surface area contributed by atoms with Crippen LogP contribution in [0.2, 0.25) is 0 Å². The fraction of sp³-hybridized carbons (Fsp3) is 0.955. The van der Waals surface area contributed by atoms with Gasteiger partial charge < -0.3 is 9.84 Å². The Balaban J connectivity index is 1.97. The van der Waals surface area contributed by atoms with E-state index in [0.29, 0.717) is 34.1 Å². The molecular weight excluding hydrogens is 392 g/mol. The smallest absolute Gasteiger partial charge is 0.302 e. The van der Waals surface area contributed by atoms with E-state index in [0.717, 1.165) is 19.3 Å². The summed E-state index contributed by atoms with van der Waals surface area (Å²) in [7, 11) is 0. The number of hydrogen-bond donors (Lipinski definition) is 1. The average Bonchev–Trinajstić information content (AvgIpc) is 2.49. The zero-order chi connectivity index (χ0) is 19.5. The fourth-order valence-corrected chi connectivity index (χ4v) is 8.07. The summed E-state index contributed by atoms with van der Waals surface area (Å²) < 4.78 is 5.45. The van der Waals surface area contributed by atoms with Crippen molar-refractivity contribution >= 4 is 21.9 Å². The number of alkyl halides is 1. The molecule has 3 fully saturated rings. The van der Waals surface area contributed by atoms with E-state index in [4.69, 9.17) is 4.74 Å². The van der Waals surface area contributed by atoms with Gasteiger partial charge in [-0.05, 0) is 73.5 Å². The molecule has 3 aliphatic rings. The summed E-state index contributed by atoms with van der Waals surface area (Å²) in [5.41, 5.74) is -0.144. The maximum Gasteiger partial charge on any atom is 0.302 e. The van der Waals surface area contributed by atoms with E-state index in [2.05, 4.69) is 43.6 Å². The number of carbonyl (C=O) groups is 1. The van der Waals surface area contributed by atoms with Crippen LogP contribution in [-0.4, -0.2) is 28.1 Å². The molecule has 3 aliphatic carbocycles. The van der Waals surface area contributed by atoms with Crippen molar-refractivity contribution in [3.8, 4) is 0 Å². The Hall–Kier alpha value is -0.0900. The number of esters is 1. The molecule has 150 valence electrons. The SMILES string of the molecule is CC(=O)OC[C@@H]1[C@@]2(C)CC[C@@H]3C(C)(C)[C@H](Br)CC[C@@]3(C)[C@@H]2CC[C@@]1(C)O. The van der Waals surface area contributed by atoms with Gasteiger partial charge in [-0.15, -0.1) is 0 Å². The number of hydrogen-bond acceptors (Lipinski definition) is 3. The van der Waals surface area contributed by atoms with Gasteiger partial charge in [0.1, 0.15) is 0 Å². The van der Waals surface area contributed by atoms with Crippen molar-refractivity contribution in [1.29, 1.82) is 0 Å². The molecule has 0 amide bonds. The van der Waals surface area contributed by atoms with Gasteiger partial charge in [0.05, 0.1) is 12.2 Å². The molecule has 0 aromatic carbocycles. The van der Waals surface area contributed by atoms with Crippen LogP contribution in [0.25, 0.3) is 0 Å². The summed E-state index contributed by atoms with van der Waals surface area (Å²) in [6.45, 7) is 13.5. The molecule has 3 nitrogen and oxygen atoms in total. The van der Waals surface area contributed by atoms with E-state index < -0.39 is 5.60 Å². The first-order valence-corrected chi connectivity index (χ1v) is 11.3. The normalized spacial score (nSPS) is 50.5. The maximum absolute atomic E-state index is 11.5. The van der Waals surface area contributed by atoms with Gasteiger partial charge in [0.15, 0.2) is 0 Å². The molecule has 0 bridgehead atoms. The standard InChI is InChI=1S/C22H37BrO3/c1-14(24)26-13-17-21(5)10-7-15-19(2,3)18(23)9-11-20(15,4)16(21)8-12-22(17,6)25/h15-18,25H,7-13H2,1-6H3/t15-,16+,17-,18-,20-,21+,22-/m1/s1. The summed E-state index contributed by atoms with van der Waals surface area (Å²) in [5.74, 6) is 1.05. The van der Waals surface area contributed by atoms with Crippen LogP contribution in [0.4, 0.5) is 0 Å². The quantitative estimate of drug-likeness (QED) is 0.477. The van der Waals surface area contributed by atoms with E-state index in [9.17, 15) is 9.90 Å². The van der Waals surface area contributed by atoms with E-state index in [1.807, 2.05) is 6.92 Å². The van der Waals surface area contributed by atoms with E-state index >= 15 is 0 Å². The van der Waals surface area contributed by atoms with Gasteiger partial charge in [-0.25, -0.2) is 0 Å². The summed E-state index contributed by atoms with van der Waals surface area (Å²) in [5, 5.41) is 11.2. The summed E-state index contributed by atoms with van der Waals surface area (Å²) in [4.78, 5) is 12.0. The molecule has 0 saturated heterocycles. The Morgan fingerprint density at radius 3 is 2.19 bits per heavy atom. The van der Waals surface area contributed by atoms with Crippen molar-refractivity contribution in [2.75, 3.05) is 6.61 Å². The molecular formula is C22H37BrO3. The van der Waals surface area contributed by atoms with Gasteiger partial charge in [-0.3, -0.25) is 4.79 Å². The van der Waals surface area contributed by atoms with Crippen molar-refractivity contribution in [2.45, 2.75) is 90.5 Å². The molecule has 0 aliphatic heterocycles. The summed E-state index contributed by atoms with van der Waals surface area (Å²) in [6.07, 6.45) is 6.67. The highest BCUT2D eigenvalue weighted by atomic mass is 79.9. The molecule has 4 heteroatoms. The Morgan fingerprint density at radius 1 is 1.00 bits per heavy atom. The third-order valence-corrected chi connectivity index (χ3v) is 10.6. The molecule has 0 spiro atoms. The van der Waals surface area contributed by atoms with Gasteiger partial charge in [0, 0.05) is 17.7 Å². The second-order valence-electron chi connectivity index (χ2n) is 10.7. The molecule has 0 radical (unpaired) electrons. The van der Waals surface area contributed by atoms with Crippen LogP contribution in [0, 0.1) is 34.0 Å². The predicted molar refractivity (Wildman–Crippen MR) is 108 cm³/mol. The van der Waals surface area contributed by atoms with Crippen LogP contribution in [0.15, 0.2) is 0 Å². The molecule has 26 heavy (non-hydrogen) atoms. The van der Waals surface area contributed by atoms with E-state index in [1.165, 1.54) is 26.2 Å². The highest BCUT2D eigenvalue weighted by Gasteiger charge is 2.65. The van der Waals surface area contributed by atoms with E-state index in [1.54, 1.807) is 0 Å². The molecule has 0 unspecified atom stereocenters. The number of aliphatic hydroxyl groups is 1. The maximum atomic E-state index is 11.5. The lowest BCUT2D eigenvalue weighted by Crippen LogP contribution is -2.64. The molecule has 3 rings (SSSR count). The van der Waals surface area contributed by atoms with Crippen molar-refractivity contribution in [3.05, 3.63) is 0 Å². The van der Waals surface area contributed by atoms with Gasteiger partial charge in [-0.1, -0.05) is 43.6 Å². The first kappa shape index (κ1) is 20.6. The van der Waals surface area contributed by atoms with E-state index in [-0.39, 0.29) is 17.3 Å². The van der Waals surface area contributed by atoms with Crippen LogP contribution in [0.3, 0.4) is 0 Å². The molecule has 7 atom stereocenters. The van der Waals surface area contributed by atoms with Crippen molar-refractivity contribution in [1.82, 2.24) is 0 Å². The van der Waals surface area contributed by atoms with Crippen LogP contribution >= 0.6 is 15.9 Å². The number of rotatable bonds is 2. The van der Waals surface area contributed by atoms with Gasteiger partial charge in [0.25, 0.3) is 0 Å². The third-order valence-electron chi connectivity index (χ3n) is 8.94. The number of fused-ring (bicyclic) bond motifs is 3. The van der Waals surface area contributed by atoms with Crippen molar-refractivity contribution < 1.29 is 14.6 Å². The highest BCUT2D eigenvalue weighted by Crippen LogP contribution is 2.70. The minimum Gasteiger partial charge on any atom is -0.465 e. The lowest BCUT2D eigenvalue weighted by atomic mass is 9.38. The first-order valence-electron chi connectivity index (χ1n) is 10.4. The molecule has 1 N–H and O–H groups in total. The molecule has 0 heterocycles. The first-order chi connectivity index (χ1) is 11.9. The topological polar surface area (TPSA) is 46.5 Å². The molecule has 0 aromatic rings. The van der Waals surface area contributed by atoms with Gasteiger partial charge in [-0.2, -0.15) is 0 Å². The lowest BCUT2D eigenvalue weighted by Gasteiger charge is -2.68. The Morgan fingerprint density at radius 2 is 1.58 bits per heavy atom. The number of carbonyl (C=O) groups excluding carboxylic acids is 1. The third kappa shape index (κ3) is 2.98. The minimum atomic E-state index is -0.758. The summed E-state index contributed by atoms with van der Waals surface area (Å²) >= 11 is 3.97. The van der Waals surface area contributed by atoms with Crippen LogP contribution in [0.5, 0.6) is 0 Å². The fourth-order valence-electron chi connectivity index (χ4n) is 7.52. The highest BCUT2D eigenvalue weighted by molar-refractivity contribution is 9.09. The summed E-state index contributed by atoms with van der Waals surface area (Å²) in [6, 6.07) is 0. The Labute approximate surface area is 167 Å². The monoisotopic (exact) mass is 428 g/mol. The zero-order valence-electron chi connectivity index (χ0n) is 17.4.